The van der Waals surface area contributed by atoms with Gasteiger partial charge in [0, 0.05) is 12.0 Å². The Morgan fingerprint density at radius 2 is 1.48 bits per heavy atom. The molecule has 0 fully saturated rings. The number of hydrogen-bond donors (Lipinski definition) is 3. The number of carboxylic acid groups (broad SMARTS) is 1. The van der Waals surface area contributed by atoms with Crippen molar-refractivity contribution in [3.8, 4) is 0 Å². The summed E-state index contributed by atoms with van der Waals surface area (Å²) in [6, 6.07) is 16.0. The van der Waals surface area contributed by atoms with E-state index in [4.69, 9.17) is 0 Å². The van der Waals surface area contributed by atoms with Crippen LogP contribution < -0.4 is 10.6 Å². The minimum Gasteiger partial charge on any atom is -0.480 e. The van der Waals surface area contributed by atoms with Gasteiger partial charge in [0.25, 0.3) is 5.91 Å². The number of nitrogens with one attached hydrogen (secondary N) is 2. The van der Waals surface area contributed by atoms with E-state index >= 15 is 0 Å². The minimum atomic E-state index is -1.09. The quantitative estimate of drug-likeness (QED) is 0.633. The van der Waals surface area contributed by atoms with Crippen LogP contribution in [0.1, 0.15) is 35.7 Å². The van der Waals surface area contributed by atoms with Gasteiger partial charge in [-0.05, 0) is 24.1 Å². The van der Waals surface area contributed by atoms with E-state index in [2.05, 4.69) is 10.6 Å². The number of carbonyl (C=O) groups excluding carboxylic acids is 2. The number of carbonyl (C=O) groups is 3. The molecule has 0 aliphatic heterocycles. The first-order valence-corrected chi connectivity index (χ1v) is 8.94. The summed E-state index contributed by atoms with van der Waals surface area (Å²) in [6.07, 6.45) is 1.21. The summed E-state index contributed by atoms with van der Waals surface area (Å²) in [7, 11) is 0. The maximum atomic E-state index is 12.7. The second-order valence-electron chi connectivity index (χ2n) is 6.27. The van der Waals surface area contributed by atoms with Crippen molar-refractivity contribution in [2.45, 2.75) is 38.3 Å². The van der Waals surface area contributed by atoms with Crippen LogP contribution in [0.4, 0.5) is 0 Å². The molecule has 0 heterocycles. The number of amides is 2. The zero-order valence-corrected chi connectivity index (χ0v) is 15.2. The van der Waals surface area contributed by atoms with Crippen LogP contribution in [0.15, 0.2) is 60.7 Å². The molecule has 0 unspecified atom stereocenters. The Morgan fingerprint density at radius 1 is 0.889 bits per heavy atom. The Bertz CT molecular complexity index is 762. The van der Waals surface area contributed by atoms with E-state index < -0.39 is 24.0 Å². The molecule has 0 radical (unpaired) electrons. The monoisotopic (exact) mass is 368 g/mol. The molecule has 0 saturated carbocycles. The van der Waals surface area contributed by atoms with E-state index in [0.29, 0.717) is 18.4 Å². The van der Waals surface area contributed by atoms with E-state index in [-0.39, 0.29) is 12.3 Å². The average Bonchev–Trinajstić information content (AvgIpc) is 2.68. The fourth-order valence-electron chi connectivity index (χ4n) is 2.71. The number of hydrogen-bond acceptors (Lipinski definition) is 3. The maximum absolute atomic E-state index is 12.7. The third-order valence-corrected chi connectivity index (χ3v) is 4.13. The van der Waals surface area contributed by atoms with Gasteiger partial charge in [-0.15, -0.1) is 0 Å². The molecule has 2 amide bonds. The lowest BCUT2D eigenvalue weighted by molar-refractivity contribution is -0.142. The second-order valence-corrected chi connectivity index (χ2v) is 6.27. The van der Waals surface area contributed by atoms with Crippen LogP contribution in [-0.2, 0) is 16.0 Å². The zero-order chi connectivity index (χ0) is 19.6. The number of carboxylic acids is 1. The van der Waals surface area contributed by atoms with Crippen molar-refractivity contribution in [3.63, 3.8) is 0 Å². The van der Waals surface area contributed by atoms with E-state index in [1.54, 1.807) is 30.3 Å². The molecule has 0 bridgehead atoms. The highest BCUT2D eigenvalue weighted by atomic mass is 16.4. The Balaban J connectivity index is 2.16. The Morgan fingerprint density at radius 3 is 2.04 bits per heavy atom. The third kappa shape index (κ3) is 6.26. The van der Waals surface area contributed by atoms with Gasteiger partial charge in [0.05, 0.1) is 0 Å². The van der Waals surface area contributed by atoms with Crippen molar-refractivity contribution in [1.29, 1.82) is 0 Å². The maximum Gasteiger partial charge on any atom is 0.326 e. The summed E-state index contributed by atoms with van der Waals surface area (Å²) in [4.78, 5) is 36.6. The van der Waals surface area contributed by atoms with Gasteiger partial charge in [0.1, 0.15) is 12.1 Å². The Labute approximate surface area is 158 Å². The molecule has 2 aromatic carbocycles. The highest BCUT2D eigenvalue weighted by molar-refractivity contribution is 5.98. The van der Waals surface area contributed by atoms with Crippen molar-refractivity contribution in [1.82, 2.24) is 10.6 Å². The lowest BCUT2D eigenvalue weighted by atomic mass is 10.0. The fourth-order valence-corrected chi connectivity index (χ4v) is 2.71. The SMILES string of the molecule is CCC[C@H](NC(=O)[C@H](Cc1ccccc1)NC(=O)c1ccccc1)C(=O)O. The number of benzene rings is 2. The minimum absolute atomic E-state index is 0.268. The topological polar surface area (TPSA) is 95.5 Å². The van der Waals surface area contributed by atoms with Crippen molar-refractivity contribution in [3.05, 3.63) is 71.8 Å². The lowest BCUT2D eigenvalue weighted by Crippen LogP contribution is -2.52. The largest absolute Gasteiger partial charge is 0.480 e. The van der Waals surface area contributed by atoms with Crippen LogP contribution in [0.3, 0.4) is 0 Å². The highest BCUT2D eigenvalue weighted by Crippen LogP contribution is 2.07. The standard InChI is InChI=1S/C21H24N2O4/c1-2-9-17(21(26)27)22-20(25)18(14-15-10-5-3-6-11-15)23-19(24)16-12-7-4-8-13-16/h3-8,10-13,17-18H,2,9,14H2,1H3,(H,22,25)(H,23,24)(H,26,27)/t17-,18-/m0/s1. The van der Waals surface area contributed by atoms with Gasteiger partial charge in [-0.25, -0.2) is 4.79 Å². The predicted octanol–water partition coefficient (Wildman–Crippen LogP) is 2.40. The normalized spacial score (nSPS) is 12.6. The molecule has 0 saturated heterocycles. The van der Waals surface area contributed by atoms with Gasteiger partial charge in [-0.2, -0.15) is 0 Å². The molecule has 0 aromatic heterocycles. The smallest absolute Gasteiger partial charge is 0.326 e. The first kappa shape index (κ1) is 20.2. The molecule has 2 rings (SSSR count). The van der Waals surface area contributed by atoms with Crippen molar-refractivity contribution in [2.75, 3.05) is 0 Å². The van der Waals surface area contributed by atoms with E-state index in [0.717, 1.165) is 5.56 Å². The summed E-state index contributed by atoms with van der Waals surface area (Å²) in [5, 5.41) is 14.5. The molecule has 27 heavy (non-hydrogen) atoms. The average molecular weight is 368 g/mol. The van der Waals surface area contributed by atoms with Crippen molar-refractivity contribution in [2.24, 2.45) is 0 Å². The molecule has 142 valence electrons. The van der Waals surface area contributed by atoms with E-state index in [1.165, 1.54) is 0 Å². The molecule has 2 atom stereocenters. The summed E-state index contributed by atoms with van der Waals surface area (Å²) in [5.41, 5.74) is 1.31. The molecule has 0 aliphatic rings. The Kier molecular flexibility index (Phi) is 7.55. The highest BCUT2D eigenvalue weighted by Gasteiger charge is 2.26. The fraction of sp³-hybridized carbons (Fsp3) is 0.286. The van der Waals surface area contributed by atoms with Gasteiger partial charge >= 0.3 is 5.97 Å². The summed E-state index contributed by atoms with van der Waals surface area (Å²) < 4.78 is 0. The molecule has 0 aliphatic carbocycles. The number of rotatable bonds is 9. The number of aliphatic carboxylic acids is 1. The van der Waals surface area contributed by atoms with Gasteiger partial charge in [-0.1, -0.05) is 61.9 Å². The first-order chi connectivity index (χ1) is 13.0. The third-order valence-electron chi connectivity index (χ3n) is 4.13. The molecular weight excluding hydrogens is 344 g/mol. The Hall–Kier alpha value is -3.15. The molecule has 6 heteroatoms. The van der Waals surface area contributed by atoms with Gasteiger partial charge in [0.15, 0.2) is 0 Å². The summed E-state index contributed by atoms with van der Waals surface area (Å²) >= 11 is 0. The van der Waals surface area contributed by atoms with Crippen LogP contribution in [0.2, 0.25) is 0 Å². The van der Waals surface area contributed by atoms with Crippen LogP contribution in [0.5, 0.6) is 0 Å². The second kappa shape index (κ2) is 10.1. The molecule has 0 spiro atoms. The first-order valence-electron chi connectivity index (χ1n) is 8.94. The van der Waals surface area contributed by atoms with Gasteiger partial charge in [-0.3, -0.25) is 9.59 Å². The van der Waals surface area contributed by atoms with Crippen LogP contribution in [0, 0.1) is 0 Å². The summed E-state index contributed by atoms with van der Waals surface area (Å²) in [6.45, 7) is 1.85. The molecular formula is C21H24N2O4. The summed E-state index contributed by atoms with van der Waals surface area (Å²) in [5.74, 6) is -1.98. The van der Waals surface area contributed by atoms with Crippen molar-refractivity contribution < 1.29 is 19.5 Å². The zero-order valence-electron chi connectivity index (χ0n) is 15.2. The van der Waals surface area contributed by atoms with Crippen LogP contribution in [0.25, 0.3) is 0 Å². The van der Waals surface area contributed by atoms with Gasteiger partial charge < -0.3 is 15.7 Å². The van der Waals surface area contributed by atoms with Crippen LogP contribution >= 0.6 is 0 Å². The molecule has 6 nitrogen and oxygen atoms in total. The van der Waals surface area contributed by atoms with E-state index in [1.807, 2.05) is 37.3 Å². The van der Waals surface area contributed by atoms with Gasteiger partial charge in [0.2, 0.25) is 5.91 Å². The predicted molar refractivity (Wildman–Crippen MR) is 102 cm³/mol. The van der Waals surface area contributed by atoms with Crippen LogP contribution in [-0.4, -0.2) is 35.0 Å². The lowest BCUT2D eigenvalue weighted by Gasteiger charge is -2.21. The molecule has 2 aromatic rings. The molecule has 3 N–H and O–H groups in total. The van der Waals surface area contributed by atoms with Crippen molar-refractivity contribution >= 4 is 17.8 Å². The van der Waals surface area contributed by atoms with E-state index in [9.17, 15) is 19.5 Å².